The Balaban J connectivity index is 1.66. The van der Waals surface area contributed by atoms with E-state index >= 15 is 0 Å². The third-order valence-electron chi connectivity index (χ3n) is 7.70. The summed E-state index contributed by atoms with van der Waals surface area (Å²) in [5.74, 6) is -1.71. The number of carboxylic acid groups (broad SMARTS) is 1. The van der Waals surface area contributed by atoms with Crippen molar-refractivity contribution >= 4 is 35.1 Å². The van der Waals surface area contributed by atoms with Crippen LogP contribution in [0.15, 0.2) is 18.6 Å². The van der Waals surface area contributed by atoms with E-state index in [-0.39, 0.29) is 44.1 Å². The highest BCUT2D eigenvalue weighted by molar-refractivity contribution is 6.35. The summed E-state index contributed by atoms with van der Waals surface area (Å²) in [7, 11) is 0. The lowest BCUT2D eigenvalue weighted by atomic mass is 9.74. The summed E-state index contributed by atoms with van der Waals surface area (Å²) in [6, 6.07) is -1.07. The molecule has 1 saturated heterocycles. The SMILES string of the molecule is CC1(C)C[C@H](Cc2c(Cl)cncc2Cl)N(C(=O)c2cnn(C3CCC(C)(C(=O)O)CC3)c2C(F)(F)F)C1. The zero-order valence-electron chi connectivity index (χ0n) is 20.8. The fourth-order valence-corrected chi connectivity index (χ4v) is 6.14. The van der Waals surface area contributed by atoms with Crippen LogP contribution in [0, 0.1) is 10.8 Å². The maximum Gasteiger partial charge on any atom is 0.433 e. The van der Waals surface area contributed by atoms with Crippen LogP contribution < -0.4 is 0 Å². The van der Waals surface area contributed by atoms with Gasteiger partial charge in [0.2, 0.25) is 0 Å². The van der Waals surface area contributed by atoms with Crippen molar-refractivity contribution in [2.45, 2.75) is 77.6 Å². The van der Waals surface area contributed by atoms with E-state index in [4.69, 9.17) is 23.2 Å². The van der Waals surface area contributed by atoms with Crippen molar-refractivity contribution in [2.75, 3.05) is 6.54 Å². The molecule has 0 aromatic carbocycles. The molecule has 0 unspecified atom stereocenters. The normalized spacial score (nSPS) is 25.9. The van der Waals surface area contributed by atoms with E-state index in [1.54, 1.807) is 6.92 Å². The summed E-state index contributed by atoms with van der Waals surface area (Å²) in [6.07, 6.45) is 0.787. The van der Waals surface area contributed by atoms with Crippen LogP contribution in [0.4, 0.5) is 13.2 Å². The van der Waals surface area contributed by atoms with Gasteiger partial charge >= 0.3 is 12.1 Å². The fraction of sp³-hybridized carbons (Fsp3) is 0.600. The van der Waals surface area contributed by atoms with Crippen molar-refractivity contribution < 1.29 is 27.9 Å². The van der Waals surface area contributed by atoms with E-state index in [0.717, 1.165) is 10.9 Å². The molecule has 1 N–H and O–H groups in total. The Hall–Kier alpha value is -2.33. The molecule has 7 nitrogen and oxygen atoms in total. The van der Waals surface area contributed by atoms with Crippen molar-refractivity contribution in [1.29, 1.82) is 0 Å². The average Bonchev–Trinajstić information content (AvgIpc) is 3.37. The minimum Gasteiger partial charge on any atom is -0.481 e. The minimum absolute atomic E-state index is 0.222. The maximum absolute atomic E-state index is 14.4. The van der Waals surface area contributed by atoms with Crippen LogP contribution in [0.2, 0.25) is 10.0 Å². The Morgan fingerprint density at radius 3 is 2.24 bits per heavy atom. The third kappa shape index (κ3) is 5.46. The van der Waals surface area contributed by atoms with Crippen LogP contribution in [-0.2, 0) is 17.4 Å². The number of amides is 1. The van der Waals surface area contributed by atoms with E-state index < -0.39 is 46.8 Å². The Morgan fingerprint density at radius 2 is 1.70 bits per heavy atom. The van der Waals surface area contributed by atoms with Gasteiger partial charge in [-0.25, -0.2) is 0 Å². The average molecular weight is 561 g/mol. The topological polar surface area (TPSA) is 88.3 Å². The predicted molar refractivity (Wildman–Crippen MR) is 132 cm³/mol. The minimum atomic E-state index is -4.82. The Bertz CT molecular complexity index is 1190. The first kappa shape index (κ1) is 27.7. The molecule has 3 heterocycles. The molecule has 0 radical (unpaired) electrons. The zero-order chi connectivity index (χ0) is 27.3. The summed E-state index contributed by atoms with van der Waals surface area (Å²) >= 11 is 12.6. The molecular weight excluding hydrogens is 532 g/mol. The molecule has 12 heteroatoms. The highest BCUT2D eigenvalue weighted by Crippen LogP contribution is 2.44. The Morgan fingerprint density at radius 1 is 1.11 bits per heavy atom. The van der Waals surface area contributed by atoms with E-state index in [1.807, 2.05) is 13.8 Å². The van der Waals surface area contributed by atoms with Crippen LogP contribution in [0.25, 0.3) is 0 Å². The maximum atomic E-state index is 14.4. The largest absolute Gasteiger partial charge is 0.481 e. The van der Waals surface area contributed by atoms with Crippen molar-refractivity contribution in [2.24, 2.45) is 10.8 Å². The van der Waals surface area contributed by atoms with Crippen LogP contribution >= 0.6 is 23.2 Å². The van der Waals surface area contributed by atoms with Gasteiger partial charge in [-0.3, -0.25) is 19.3 Å². The number of rotatable bonds is 5. The summed E-state index contributed by atoms with van der Waals surface area (Å²) < 4.78 is 44.0. The van der Waals surface area contributed by atoms with Gasteiger partial charge in [0.25, 0.3) is 5.91 Å². The molecule has 2 fully saturated rings. The van der Waals surface area contributed by atoms with Gasteiger partial charge in [-0.1, -0.05) is 37.0 Å². The number of aromatic nitrogens is 3. The van der Waals surface area contributed by atoms with Crippen LogP contribution in [-0.4, -0.2) is 49.2 Å². The van der Waals surface area contributed by atoms with E-state index in [0.29, 0.717) is 22.0 Å². The standard InChI is InChI=1S/C25H29Cl2F3N4O3/c1-23(2)9-15(8-16-18(26)11-31-12-19(16)27)33(13-23)21(35)17-10-32-34(20(17)25(28,29)30)14-4-6-24(3,7-5-14)22(36)37/h10-12,14-15H,4-9,13H2,1-3H3,(H,36,37)/t14?,15-,24?/m0/s1. The lowest BCUT2D eigenvalue weighted by Gasteiger charge is -2.34. The molecule has 1 aliphatic heterocycles. The van der Waals surface area contributed by atoms with Gasteiger partial charge in [-0.05, 0) is 56.4 Å². The van der Waals surface area contributed by atoms with Crippen molar-refractivity contribution in [3.05, 3.63) is 45.5 Å². The second-order valence-corrected chi connectivity index (χ2v) is 12.0. The first-order valence-electron chi connectivity index (χ1n) is 12.1. The molecule has 0 spiro atoms. The van der Waals surface area contributed by atoms with Gasteiger partial charge in [-0.2, -0.15) is 18.3 Å². The fourth-order valence-electron chi connectivity index (χ4n) is 5.62. The summed E-state index contributed by atoms with van der Waals surface area (Å²) in [5, 5.41) is 14.2. The highest BCUT2D eigenvalue weighted by Gasteiger charge is 2.47. The molecule has 1 atom stereocenters. The molecule has 1 amide bonds. The quantitative estimate of drug-likeness (QED) is 0.464. The smallest absolute Gasteiger partial charge is 0.433 e. The second kappa shape index (κ2) is 9.76. The Labute approximate surface area is 222 Å². The highest BCUT2D eigenvalue weighted by atomic mass is 35.5. The van der Waals surface area contributed by atoms with Crippen LogP contribution in [0.1, 0.15) is 80.5 Å². The molecular formula is C25H29Cl2F3N4O3. The third-order valence-corrected chi connectivity index (χ3v) is 8.35. The van der Waals surface area contributed by atoms with E-state index in [2.05, 4.69) is 10.1 Å². The van der Waals surface area contributed by atoms with Crippen LogP contribution in [0.3, 0.4) is 0 Å². The van der Waals surface area contributed by atoms with Gasteiger partial charge in [0.1, 0.15) is 0 Å². The number of pyridine rings is 1. The molecule has 1 saturated carbocycles. The predicted octanol–water partition coefficient (Wildman–Crippen LogP) is 6.29. The molecule has 37 heavy (non-hydrogen) atoms. The first-order chi connectivity index (χ1) is 17.1. The van der Waals surface area contributed by atoms with Crippen molar-refractivity contribution in [1.82, 2.24) is 19.7 Å². The molecule has 1 aliphatic carbocycles. The number of aliphatic carboxylic acids is 1. The Kier molecular flexibility index (Phi) is 7.31. The number of nitrogens with zero attached hydrogens (tertiary/aromatic N) is 4. The number of likely N-dealkylation sites (tertiary alicyclic amines) is 1. The number of carbonyl (C=O) groups excluding carboxylic acids is 1. The summed E-state index contributed by atoms with van der Waals surface area (Å²) in [6.45, 7) is 5.78. The molecule has 202 valence electrons. The number of carboxylic acids is 1. The molecule has 0 bridgehead atoms. The van der Waals surface area contributed by atoms with Gasteiger partial charge in [0.05, 0.1) is 33.3 Å². The van der Waals surface area contributed by atoms with Crippen LogP contribution in [0.5, 0.6) is 0 Å². The van der Waals surface area contributed by atoms with Gasteiger partial charge < -0.3 is 10.0 Å². The summed E-state index contributed by atoms with van der Waals surface area (Å²) in [4.78, 5) is 30.7. The van der Waals surface area contributed by atoms with Gasteiger partial charge in [0, 0.05) is 25.0 Å². The lowest BCUT2D eigenvalue weighted by molar-refractivity contribution is -0.152. The molecule has 2 aromatic rings. The second-order valence-electron chi connectivity index (χ2n) is 11.2. The van der Waals surface area contributed by atoms with Gasteiger partial charge in [-0.15, -0.1) is 0 Å². The van der Waals surface area contributed by atoms with E-state index in [1.165, 1.54) is 17.3 Å². The van der Waals surface area contributed by atoms with Crippen molar-refractivity contribution in [3.63, 3.8) is 0 Å². The zero-order valence-corrected chi connectivity index (χ0v) is 22.3. The molecule has 2 aliphatic rings. The van der Waals surface area contributed by atoms with Gasteiger partial charge in [0.15, 0.2) is 5.69 Å². The monoisotopic (exact) mass is 560 g/mol. The number of halogens is 5. The molecule has 2 aromatic heterocycles. The number of hydrogen-bond donors (Lipinski definition) is 1. The molecule has 4 rings (SSSR count). The lowest BCUT2D eigenvalue weighted by Crippen LogP contribution is -2.39. The van der Waals surface area contributed by atoms with E-state index in [9.17, 15) is 27.9 Å². The number of carbonyl (C=O) groups is 2. The first-order valence-corrected chi connectivity index (χ1v) is 12.9. The van der Waals surface area contributed by atoms with Crippen molar-refractivity contribution in [3.8, 4) is 0 Å². The number of hydrogen-bond acceptors (Lipinski definition) is 4. The summed E-state index contributed by atoms with van der Waals surface area (Å²) in [5.41, 5.74) is -2.32. The number of alkyl halides is 3.